The minimum atomic E-state index is 0.459. The fourth-order valence-electron chi connectivity index (χ4n) is 1.09. The van der Waals surface area contributed by atoms with E-state index >= 15 is 0 Å². The maximum Gasteiger partial charge on any atom is 0.0361 e. The van der Waals surface area contributed by atoms with Gasteiger partial charge in [0.25, 0.3) is 0 Å². The van der Waals surface area contributed by atoms with E-state index in [9.17, 15) is 0 Å². The van der Waals surface area contributed by atoms with Crippen molar-refractivity contribution in [3.05, 3.63) is 23.8 Å². The summed E-state index contributed by atoms with van der Waals surface area (Å²) in [6.45, 7) is 4.97. The molecule has 0 fully saturated rings. The van der Waals surface area contributed by atoms with Crippen molar-refractivity contribution in [1.82, 2.24) is 5.32 Å². The normalized spacial score (nSPS) is 10.7. The summed E-state index contributed by atoms with van der Waals surface area (Å²) >= 11 is 0. The van der Waals surface area contributed by atoms with Crippen LogP contribution in [0.2, 0.25) is 0 Å². The number of nitrogens with two attached hydrogens (primary N) is 2. The lowest BCUT2D eigenvalue weighted by atomic mass is 10.1. The van der Waals surface area contributed by atoms with Crippen LogP contribution in [0.3, 0.4) is 0 Å². The lowest BCUT2D eigenvalue weighted by Crippen LogP contribution is -2.22. The lowest BCUT2D eigenvalue weighted by molar-refractivity contribution is 0.590. The molecule has 5 N–H and O–H groups in total. The highest BCUT2D eigenvalue weighted by Gasteiger charge is 2.00. The molecule has 0 atom stereocenters. The summed E-state index contributed by atoms with van der Waals surface area (Å²) in [6, 6.07) is 6.02. The molecule has 0 aromatic heterocycles. The van der Waals surface area contributed by atoms with Crippen LogP contribution in [0.5, 0.6) is 0 Å². The number of anilines is 2. The highest BCUT2D eigenvalue weighted by molar-refractivity contribution is 5.55. The Balaban J connectivity index is 2.70. The average molecular weight is 179 g/mol. The molecule has 0 heterocycles. The molecule has 1 aromatic carbocycles. The van der Waals surface area contributed by atoms with Gasteiger partial charge in [-0.15, -0.1) is 0 Å². The quantitative estimate of drug-likeness (QED) is 0.614. The van der Waals surface area contributed by atoms with Crippen LogP contribution in [0, 0.1) is 0 Å². The lowest BCUT2D eigenvalue weighted by Gasteiger charge is -2.10. The van der Waals surface area contributed by atoms with Gasteiger partial charge < -0.3 is 16.8 Å². The highest BCUT2D eigenvalue weighted by Crippen LogP contribution is 2.15. The van der Waals surface area contributed by atoms with E-state index < -0.39 is 0 Å². The van der Waals surface area contributed by atoms with E-state index in [4.69, 9.17) is 11.5 Å². The van der Waals surface area contributed by atoms with E-state index in [1.54, 1.807) is 0 Å². The second-order valence-corrected chi connectivity index (χ2v) is 3.49. The van der Waals surface area contributed by atoms with Gasteiger partial charge in [-0.1, -0.05) is 13.8 Å². The van der Waals surface area contributed by atoms with E-state index in [-0.39, 0.29) is 0 Å². The third-order valence-electron chi connectivity index (χ3n) is 1.87. The Hall–Kier alpha value is -1.22. The zero-order valence-electron chi connectivity index (χ0n) is 8.17. The van der Waals surface area contributed by atoms with Crippen molar-refractivity contribution in [1.29, 1.82) is 0 Å². The average Bonchev–Trinajstić information content (AvgIpc) is 2.06. The highest BCUT2D eigenvalue weighted by atomic mass is 14.9. The molecule has 0 saturated heterocycles. The Morgan fingerprint density at radius 2 is 2.00 bits per heavy atom. The minimum Gasteiger partial charge on any atom is -0.399 e. The topological polar surface area (TPSA) is 64.1 Å². The van der Waals surface area contributed by atoms with Crippen LogP contribution in [0.4, 0.5) is 11.4 Å². The molecular formula is C10H17N3. The Kier molecular flexibility index (Phi) is 3.14. The van der Waals surface area contributed by atoms with Gasteiger partial charge >= 0.3 is 0 Å². The number of hydrogen-bond donors (Lipinski definition) is 3. The molecule has 0 bridgehead atoms. The molecular weight excluding hydrogens is 162 g/mol. The number of nitrogens with one attached hydrogen (secondary N) is 1. The van der Waals surface area contributed by atoms with Gasteiger partial charge in [-0.3, -0.25) is 0 Å². The predicted molar refractivity (Wildman–Crippen MR) is 57.2 cm³/mol. The SMILES string of the molecule is CC(C)NCc1cc(N)ccc1N. The summed E-state index contributed by atoms with van der Waals surface area (Å²) in [7, 11) is 0. The van der Waals surface area contributed by atoms with Crippen LogP contribution >= 0.6 is 0 Å². The Morgan fingerprint density at radius 3 is 2.62 bits per heavy atom. The number of rotatable bonds is 3. The van der Waals surface area contributed by atoms with Crippen LogP contribution in [-0.2, 0) is 6.54 Å². The Bertz CT molecular complexity index is 281. The zero-order chi connectivity index (χ0) is 9.84. The van der Waals surface area contributed by atoms with Crippen LogP contribution in [0.1, 0.15) is 19.4 Å². The molecule has 72 valence electrons. The standard InChI is InChI=1S/C10H17N3/c1-7(2)13-6-8-5-9(11)3-4-10(8)12/h3-5,7,13H,6,11-12H2,1-2H3. The Morgan fingerprint density at radius 1 is 1.31 bits per heavy atom. The van der Waals surface area contributed by atoms with Crippen molar-refractivity contribution in [3.8, 4) is 0 Å². The fourth-order valence-corrected chi connectivity index (χ4v) is 1.09. The summed E-state index contributed by atoms with van der Waals surface area (Å²) in [4.78, 5) is 0. The van der Waals surface area contributed by atoms with Crippen LogP contribution < -0.4 is 16.8 Å². The molecule has 0 radical (unpaired) electrons. The molecule has 1 aromatic rings. The van der Waals surface area contributed by atoms with Crippen LogP contribution in [0.15, 0.2) is 18.2 Å². The molecule has 0 unspecified atom stereocenters. The molecule has 0 amide bonds. The predicted octanol–water partition coefficient (Wildman–Crippen LogP) is 1.35. The zero-order valence-corrected chi connectivity index (χ0v) is 8.17. The smallest absolute Gasteiger partial charge is 0.0361 e. The number of benzene rings is 1. The van der Waals surface area contributed by atoms with Gasteiger partial charge in [-0.25, -0.2) is 0 Å². The van der Waals surface area contributed by atoms with E-state index in [1.807, 2.05) is 18.2 Å². The molecule has 3 nitrogen and oxygen atoms in total. The largest absolute Gasteiger partial charge is 0.399 e. The van der Waals surface area contributed by atoms with Crippen molar-refractivity contribution < 1.29 is 0 Å². The molecule has 0 spiro atoms. The van der Waals surface area contributed by atoms with Crippen molar-refractivity contribution in [2.75, 3.05) is 11.5 Å². The van der Waals surface area contributed by atoms with Gasteiger partial charge in [0.2, 0.25) is 0 Å². The van der Waals surface area contributed by atoms with E-state index in [1.165, 1.54) is 0 Å². The first-order valence-corrected chi connectivity index (χ1v) is 4.47. The van der Waals surface area contributed by atoms with Gasteiger partial charge in [0, 0.05) is 24.0 Å². The van der Waals surface area contributed by atoms with Crippen molar-refractivity contribution in [3.63, 3.8) is 0 Å². The molecule has 1 rings (SSSR count). The molecule has 0 saturated carbocycles. The van der Waals surface area contributed by atoms with Gasteiger partial charge in [0.05, 0.1) is 0 Å². The van der Waals surface area contributed by atoms with Crippen molar-refractivity contribution >= 4 is 11.4 Å². The molecule has 0 aliphatic carbocycles. The van der Waals surface area contributed by atoms with Gasteiger partial charge in [-0.05, 0) is 23.8 Å². The summed E-state index contributed by atoms with van der Waals surface area (Å²) in [5.74, 6) is 0. The van der Waals surface area contributed by atoms with Gasteiger partial charge in [0.15, 0.2) is 0 Å². The second-order valence-electron chi connectivity index (χ2n) is 3.49. The monoisotopic (exact) mass is 179 g/mol. The van der Waals surface area contributed by atoms with Gasteiger partial charge in [0.1, 0.15) is 0 Å². The number of hydrogen-bond acceptors (Lipinski definition) is 3. The van der Waals surface area contributed by atoms with Crippen molar-refractivity contribution in [2.45, 2.75) is 26.4 Å². The summed E-state index contributed by atoms with van der Waals surface area (Å²) < 4.78 is 0. The van der Waals surface area contributed by atoms with E-state index in [2.05, 4.69) is 19.2 Å². The number of nitrogen functional groups attached to an aromatic ring is 2. The van der Waals surface area contributed by atoms with E-state index in [0.29, 0.717) is 6.04 Å². The third kappa shape index (κ3) is 2.95. The first kappa shape index (κ1) is 9.86. The van der Waals surface area contributed by atoms with E-state index in [0.717, 1.165) is 23.5 Å². The maximum absolute atomic E-state index is 5.78. The maximum atomic E-state index is 5.78. The Labute approximate surface area is 79.1 Å². The summed E-state index contributed by atoms with van der Waals surface area (Å²) in [5.41, 5.74) is 14.0. The second kappa shape index (κ2) is 4.14. The van der Waals surface area contributed by atoms with Crippen LogP contribution in [-0.4, -0.2) is 6.04 Å². The fraction of sp³-hybridized carbons (Fsp3) is 0.400. The first-order valence-electron chi connectivity index (χ1n) is 4.47. The molecule has 3 heteroatoms. The van der Waals surface area contributed by atoms with Gasteiger partial charge in [-0.2, -0.15) is 0 Å². The molecule has 0 aliphatic heterocycles. The minimum absolute atomic E-state index is 0.459. The summed E-state index contributed by atoms with van der Waals surface area (Å²) in [6.07, 6.45) is 0. The summed E-state index contributed by atoms with van der Waals surface area (Å²) in [5, 5.41) is 3.29. The van der Waals surface area contributed by atoms with Crippen molar-refractivity contribution in [2.24, 2.45) is 0 Å². The third-order valence-corrected chi connectivity index (χ3v) is 1.87. The molecule has 0 aliphatic rings. The van der Waals surface area contributed by atoms with Crippen LogP contribution in [0.25, 0.3) is 0 Å². The first-order chi connectivity index (χ1) is 6.09. The molecule has 13 heavy (non-hydrogen) atoms.